The van der Waals surface area contributed by atoms with Gasteiger partial charge in [0.1, 0.15) is 11.4 Å². The summed E-state index contributed by atoms with van der Waals surface area (Å²) in [6.07, 6.45) is 4.73. The van der Waals surface area contributed by atoms with E-state index in [-0.39, 0.29) is 0 Å². The van der Waals surface area contributed by atoms with Gasteiger partial charge in [-0.05, 0) is 44.2 Å². The molecule has 0 aliphatic heterocycles. The summed E-state index contributed by atoms with van der Waals surface area (Å²) >= 11 is 0. The maximum Gasteiger partial charge on any atom is 0.339 e. The lowest BCUT2D eigenvalue weighted by Crippen LogP contribution is -2.22. The topological polar surface area (TPSA) is 62.2 Å². The van der Waals surface area contributed by atoms with Crippen molar-refractivity contribution in [2.24, 2.45) is 5.92 Å². The molecule has 0 radical (unpaired) electrons. The highest BCUT2D eigenvalue weighted by Gasteiger charge is 2.26. The standard InChI is InChI=1S/C15H22N2O2/c1-4-12(8-11-5-6-11)17-14-13(15(18)19)9(2)7-10(3)16-14/h7,11-12H,4-6,8H2,1-3H3,(H,16,17)(H,18,19). The van der Waals surface area contributed by atoms with Gasteiger partial charge in [-0.1, -0.05) is 19.8 Å². The van der Waals surface area contributed by atoms with Gasteiger partial charge >= 0.3 is 5.97 Å². The molecule has 2 N–H and O–H groups in total. The van der Waals surface area contributed by atoms with Gasteiger partial charge in [0.25, 0.3) is 0 Å². The number of carboxylic acid groups (broad SMARTS) is 1. The van der Waals surface area contributed by atoms with E-state index in [1.807, 2.05) is 19.9 Å². The number of carboxylic acids is 1. The van der Waals surface area contributed by atoms with E-state index < -0.39 is 5.97 Å². The molecule has 104 valence electrons. The molecule has 0 spiro atoms. The molecular weight excluding hydrogens is 240 g/mol. The average molecular weight is 262 g/mol. The van der Waals surface area contributed by atoms with Crippen LogP contribution in [0.3, 0.4) is 0 Å². The molecule has 2 rings (SSSR count). The first-order chi connectivity index (χ1) is 9.01. The Hall–Kier alpha value is -1.58. The molecule has 1 aromatic rings. The number of anilines is 1. The Bertz CT molecular complexity index is 481. The van der Waals surface area contributed by atoms with Crippen molar-refractivity contribution in [3.05, 3.63) is 22.9 Å². The van der Waals surface area contributed by atoms with Crippen LogP contribution in [-0.2, 0) is 0 Å². The summed E-state index contributed by atoms with van der Waals surface area (Å²) in [6.45, 7) is 5.85. The number of hydrogen-bond donors (Lipinski definition) is 2. The van der Waals surface area contributed by atoms with Crippen LogP contribution >= 0.6 is 0 Å². The van der Waals surface area contributed by atoms with Crippen LogP contribution in [0.25, 0.3) is 0 Å². The van der Waals surface area contributed by atoms with Crippen molar-refractivity contribution in [3.63, 3.8) is 0 Å². The third kappa shape index (κ3) is 3.46. The molecule has 1 saturated carbocycles. The Morgan fingerprint density at radius 1 is 1.53 bits per heavy atom. The van der Waals surface area contributed by atoms with Crippen LogP contribution in [0.5, 0.6) is 0 Å². The van der Waals surface area contributed by atoms with E-state index in [1.165, 1.54) is 12.8 Å². The van der Waals surface area contributed by atoms with Gasteiger partial charge in [-0.25, -0.2) is 9.78 Å². The van der Waals surface area contributed by atoms with Crippen LogP contribution < -0.4 is 5.32 Å². The van der Waals surface area contributed by atoms with E-state index in [9.17, 15) is 9.90 Å². The predicted octanol–water partition coefficient (Wildman–Crippen LogP) is 3.39. The molecule has 4 heteroatoms. The molecular formula is C15H22N2O2. The summed E-state index contributed by atoms with van der Waals surface area (Å²) in [6, 6.07) is 2.13. The second-order valence-corrected chi connectivity index (χ2v) is 5.54. The van der Waals surface area contributed by atoms with Crippen molar-refractivity contribution in [1.29, 1.82) is 0 Å². The number of pyridine rings is 1. The van der Waals surface area contributed by atoms with Gasteiger partial charge in [0.05, 0.1) is 0 Å². The average Bonchev–Trinajstić information content (AvgIpc) is 3.10. The lowest BCUT2D eigenvalue weighted by molar-refractivity contribution is 0.0696. The minimum absolute atomic E-state index is 0.305. The van der Waals surface area contributed by atoms with Crippen LogP contribution in [0.4, 0.5) is 5.82 Å². The third-order valence-electron chi connectivity index (χ3n) is 3.71. The summed E-state index contributed by atoms with van der Waals surface area (Å²) in [5.41, 5.74) is 1.93. The van der Waals surface area contributed by atoms with Crippen molar-refractivity contribution < 1.29 is 9.90 Å². The minimum atomic E-state index is -0.909. The van der Waals surface area contributed by atoms with E-state index in [1.54, 1.807) is 0 Å². The van der Waals surface area contributed by atoms with Gasteiger partial charge in [-0.2, -0.15) is 0 Å². The fourth-order valence-electron chi connectivity index (χ4n) is 2.49. The van der Waals surface area contributed by atoms with Crippen LogP contribution in [0.2, 0.25) is 0 Å². The van der Waals surface area contributed by atoms with Crippen molar-refractivity contribution >= 4 is 11.8 Å². The smallest absolute Gasteiger partial charge is 0.339 e. The number of carbonyl (C=O) groups is 1. The normalized spacial score (nSPS) is 16.2. The van der Waals surface area contributed by atoms with Crippen molar-refractivity contribution in [1.82, 2.24) is 4.98 Å². The van der Waals surface area contributed by atoms with Crippen LogP contribution in [0, 0.1) is 19.8 Å². The highest BCUT2D eigenvalue weighted by molar-refractivity contribution is 5.94. The lowest BCUT2D eigenvalue weighted by atomic mass is 10.1. The Balaban J connectivity index is 2.23. The third-order valence-corrected chi connectivity index (χ3v) is 3.71. The van der Waals surface area contributed by atoms with E-state index in [0.717, 1.165) is 30.0 Å². The number of nitrogens with zero attached hydrogens (tertiary/aromatic N) is 1. The van der Waals surface area contributed by atoms with Gasteiger partial charge in [0, 0.05) is 11.7 Å². The first kappa shape index (κ1) is 13.8. The quantitative estimate of drug-likeness (QED) is 0.825. The zero-order valence-electron chi connectivity index (χ0n) is 11.9. The summed E-state index contributed by atoms with van der Waals surface area (Å²) in [5, 5.41) is 12.7. The van der Waals surface area contributed by atoms with Crippen molar-refractivity contribution in [2.45, 2.75) is 52.5 Å². The molecule has 1 aliphatic rings. The fourth-order valence-corrected chi connectivity index (χ4v) is 2.49. The second-order valence-electron chi connectivity index (χ2n) is 5.54. The molecule has 0 saturated heterocycles. The van der Waals surface area contributed by atoms with E-state index in [0.29, 0.717) is 17.4 Å². The predicted molar refractivity (Wildman–Crippen MR) is 75.7 cm³/mol. The molecule has 1 atom stereocenters. The second kappa shape index (κ2) is 5.59. The molecule has 19 heavy (non-hydrogen) atoms. The van der Waals surface area contributed by atoms with Gasteiger partial charge in [-0.15, -0.1) is 0 Å². The van der Waals surface area contributed by atoms with Gasteiger partial charge in [0.15, 0.2) is 0 Å². The van der Waals surface area contributed by atoms with E-state index >= 15 is 0 Å². The number of aryl methyl sites for hydroxylation is 2. The largest absolute Gasteiger partial charge is 0.478 e. The van der Waals surface area contributed by atoms with Crippen LogP contribution in [0.15, 0.2) is 6.07 Å². The zero-order chi connectivity index (χ0) is 14.0. The number of aromatic nitrogens is 1. The summed E-state index contributed by atoms with van der Waals surface area (Å²) in [5.74, 6) is 0.433. The number of nitrogens with one attached hydrogen (secondary N) is 1. The Morgan fingerprint density at radius 2 is 2.21 bits per heavy atom. The molecule has 1 fully saturated rings. The monoisotopic (exact) mass is 262 g/mol. The number of aromatic carboxylic acids is 1. The first-order valence-corrected chi connectivity index (χ1v) is 6.99. The van der Waals surface area contributed by atoms with E-state index in [2.05, 4.69) is 17.2 Å². The number of rotatable bonds is 6. The van der Waals surface area contributed by atoms with Gasteiger partial charge in [0.2, 0.25) is 0 Å². The Morgan fingerprint density at radius 3 is 2.74 bits per heavy atom. The fraction of sp³-hybridized carbons (Fsp3) is 0.600. The highest BCUT2D eigenvalue weighted by atomic mass is 16.4. The maximum atomic E-state index is 11.4. The molecule has 1 unspecified atom stereocenters. The molecule has 0 amide bonds. The van der Waals surface area contributed by atoms with Crippen molar-refractivity contribution in [2.75, 3.05) is 5.32 Å². The Labute approximate surface area is 114 Å². The van der Waals surface area contributed by atoms with Crippen molar-refractivity contribution in [3.8, 4) is 0 Å². The lowest BCUT2D eigenvalue weighted by Gasteiger charge is -2.19. The molecule has 1 aliphatic carbocycles. The summed E-state index contributed by atoms with van der Waals surface area (Å²) < 4.78 is 0. The molecule has 4 nitrogen and oxygen atoms in total. The molecule has 1 aromatic heterocycles. The number of hydrogen-bond acceptors (Lipinski definition) is 3. The SMILES string of the molecule is CCC(CC1CC1)Nc1nc(C)cc(C)c1C(=O)O. The van der Waals surface area contributed by atoms with E-state index in [4.69, 9.17) is 0 Å². The molecule has 0 bridgehead atoms. The highest BCUT2D eigenvalue weighted by Crippen LogP contribution is 2.35. The summed E-state index contributed by atoms with van der Waals surface area (Å²) in [7, 11) is 0. The van der Waals surface area contributed by atoms with Gasteiger partial charge < -0.3 is 10.4 Å². The molecule has 1 heterocycles. The van der Waals surface area contributed by atoms with Crippen LogP contribution in [0.1, 0.15) is 54.2 Å². The maximum absolute atomic E-state index is 11.4. The zero-order valence-corrected chi connectivity index (χ0v) is 11.9. The molecule has 0 aromatic carbocycles. The first-order valence-electron chi connectivity index (χ1n) is 6.99. The minimum Gasteiger partial charge on any atom is -0.478 e. The summed E-state index contributed by atoms with van der Waals surface area (Å²) in [4.78, 5) is 15.8. The Kier molecular flexibility index (Phi) is 4.08. The van der Waals surface area contributed by atoms with Crippen LogP contribution in [-0.4, -0.2) is 22.1 Å². The van der Waals surface area contributed by atoms with Gasteiger partial charge in [-0.3, -0.25) is 0 Å².